The number of nitrogens with two attached hydrogens (primary N) is 1. The molecule has 0 spiro atoms. The Labute approximate surface area is 165 Å². The normalized spacial score (nSPS) is 15.9. The van der Waals surface area contributed by atoms with E-state index in [-0.39, 0.29) is 35.8 Å². The second-order valence-electron chi connectivity index (χ2n) is 6.80. The first-order valence-electron chi connectivity index (χ1n) is 8.90. The number of methoxy groups -OCH3 is 1. The van der Waals surface area contributed by atoms with Crippen LogP contribution in [0, 0.1) is 18.6 Å². The molecule has 0 amide bonds. The average Bonchev–Trinajstić information content (AvgIpc) is 2.67. The van der Waals surface area contributed by atoms with Gasteiger partial charge in [-0.1, -0.05) is 6.07 Å². The zero-order chi connectivity index (χ0) is 20.7. The highest BCUT2D eigenvalue weighted by Crippen LogP contribution is 2.37. The fraction of sp³-hybridized carbons (Fsp3) is 0.250. The van der Waals surface area contributed by atoms with E-state index in [1.807, 2.05) is 0 Å². The minimum absolute atomic E-state index is 0.0978. The quantitative estimate of drug-likeness (QED) is 0.724. The molecule has 0 saturated carbocycles. The zero-order valence-electron chi connectivity index (χ0n) is 15.7. The number of ether oxygens (including phenoxy) is 1. The van der Waals surface area contributed by atoms with E-state index < -0.39 is 11.6 Å². The second-order valence-corrected chi connectivity index (χ2v) is 6.80. The summed E-state index contributed by atoms with van der Waals surface area (Å²) in [4.78, 5) is 29.1. The van der Waals surface area contributed by atoms with Gasteiger partial charge in [0.1, 0.15) is 5.82 Å². The highest BCUT2D eigenvalue weighted by atomic mass is 19.1. The second kappa shape index (κ2) is 7.16. The molecule has 29 heavy (non-hydrogen) atoms. The number of Topliss-reactive ketones (excluding diaryl/α,β-unsaturated/α-hetero) is 1. The minimum atomic E-state index is -0.723. The van der Waals surface area contributed by atoms with E-state index in [9.17, 15) is 13.6 Å². The van der Waals surface area contributed by atoms with Crippen molar-refractivity contribution < 1.29 is 18.3 Å². The van der Waals surface area contributed by atoms with Crippen LogP contribution < -0.4 is 10.5 Å². The number of nitrogens with zero attached hydrogens (tertiary/aromatic N) is 4. The first-order chi connectivity index (χ1) is 13.9. The van der Waals surface area contributed by atoms with Crippen molar-refractivity contribution in [3.05, 3.63) is 58.5 Å². The van der Waals surface area contributed by atoms with Gasteiger partial charge in [-0.25, -0.2) is 19.3 Å². The summed E-state index contributed by atoms with van der Waals surface area (Å²) in [5, 5.41) is 0. The Morgan fingerprint density at radius 3 is 2.72 bits per heavy atom. The number of anilines is 1. The molecular formula is C20H17F2N5O2. The number of ketones is 1. The van der Waals surface area contributed by atoms with Crippen LogP contribution in [0.1, 0.15) is 39.6 Å². The maximum atomic E-state index is 14.0. The molecule has 2 N–H and O–H groups in total. The summed E-state index contributed by atoms with van der Waals surface area (Å²) in [6, 6.07) is 4.16. The maximum Gasteiger partial charge on any atom is 0.253 e. The van der Waals surface area contributed by atoms with E-state index in [0.29, 0.717) is 34.5 Å². The largest absolute Gasteiger partial charge is 0.479 e. The van der Waals surface area contributed by atoms with Crippen LogP contribution in [0.5, 0.6) is 5.88 Å². The van der Waals surface area contributed by atoms with Crippen LogP contribution in [0.25, 0.3) is 11.4 Å². The Morgan fingerprint density at radius 2 is 1.97 bits per heavy atom. The number of halogens is 2. The third-order valence-electron chi connectivity index (χ3n) is 4.93. The van der Waals surface area contributed by atoms with Gasteiger partial charge in [-0.05, 0) is 37.0 Å². The van der Waals surface area contributed by atoms with E-state index in [2.05, 4.69) is 19.9 Å². The molecule has 1 aromatic carbocycles. The van der Waals surface area contributed by atoms with Crippen LogP contribution in [0.3, 0.4) is 0 Å². The third kappa shape index (κ3) is 3.39. The van der Waals surface area contributed by atoms with E-state index in [1.165, 1.54) is 19.2 Å². The molecule has 7 nitrogen and oxygen atoms in total. The number of carbonyl (C=O) groups excluding carboxylic acids is 1. The molecule has 148 valence electrons. The molecule has 9 heteroatoms. The Balaban J connectivity index is 1.82. The molecule has 0 bridgehead atoms. The van der Waals surface area contributed by atoms with Gasteiger partial charge in [0, 0.05) is 12.0 Å². The first kappa shape index (κ1) is 18.9. The van der Waals surface area contributed by atoms with Crippen LogP contribution in [0.4, 0.5) is 14.7 Å². The zero-order valence-corrected chi connectivity index (χ0v) is 15.7. The lowest BCUT2D eigenvalue weighted by Crippen LogP contribution is -2.23. The van der Waals surface area contributed by atoms with Crippen LogP contribution in [0.15, 0.2) is 24.4 Å². The monoisotopic (exact) mass is 397 g/mol. The van der Waals surface area contributed by atoms with Crippen molar-refractivity contribution in [1.82, 2.24) is 19.9 Å². The molecule has 0 radical (unpaired) electrons. The molecule has 1 aliphatic rings. The summed E-state index contributed by atoms with van der Waals surface area (Å²) in [7, 11) is 1.28. The minimum Gasteiger partial charge on any atom is -0.479 e. The number of hydrogen-bond acceptors (Lipinski definition) is 7. The van der Waals surface area contributed by atoms with E-state index in [0.717, 1.165) is 6.20 Å². The summed E-state index contributed by atoms with van der Waals surface area (Å²) >= 11 is 0. The van der Waals surface area contributed by atoms with Crippen molar-refractivity contribution in [2.75, 3.05) is 12.8 Å². The van der Waals surface area contributed by atoms with Crippen molar-refractivity contribution in [2.24, 2.45) is 0 Å². The number of hydrogen-bond donors (Lipinski definition) is 1. The van der Waals surface area contributed by atoms with E-state index in [1.54, 1.807) is 13.0 Å². The van der Waals surface area contributed by atoms with Gasteiger partial charge in [0.05, 0.1) is 30.3 Å². The Morgan fingerprint density at radius 1 is 1.17 bits per heavy atom. The van der Waals surface area contributed by atoms with Crippen molar-refractivity contribution in [1.29, 1.82) is 0 Å². The Kier molecular flexibility index (Phi) is 4.65. The number of aromatic nitrogens is 4. The van der Waals surface area contributed by atoms with Crippen molar-refractivity contribution in [2.45, 2.75) is 25.7 Å². The van der Waals surface area contributed by atoms with E-state index in [4.69, 9.17) is 10.5 Å². The van der Waals surface area contributed by atoms with Crippen LogP contribution in [-0.4, -0.2) is 32.8 Å². The number of benzene rings is 1. The summed E-state index contributed by atoms with van der Waals surface area (Å²) in [5.74, 6) is -1.67. The number of fused-ring (bicyclic) bond motifs is 1. The highest BCUT2D eigenvalue weighted by Gasteiger charge is 2.31. The molecule has 2 heterocycles. The van der Waals surface area contributed by atoms with Gasteiger partial charge >= 0.3 is 0 Å². The predicted molar refractivity (Wildman–Crippen MR) is 101 cm³/mol. The van der Waals surface area contributed by atoms with Crippen molar-refractivity contribution >= 4 is 11.7 Å². The molecule has 2 aromatic heterocycles. The average molecular weight is 397 g/mol. The molecule has 0 saturated heterocycles. The maximum absolute atomic E-state index is 14.0. The Hall–Kier alpha value is -3.49. The Bertz CT molecular complexity index is 1140. The van der Waals surface area contributed by atoms with Gasteiger partial charge in [-0.3, -0.25) is 4.79 Å². The lowest BCUT2D eigenvalue weighted by molar-refractivity contribution is 0.0962. The van der Waals surface area contributed by atoms with Crippen molar-refractivity contribution in [3.8, 4) is 17.3 Å². The van der Waals surface area contributed by atoms with Crippen LogP contribution in [0.2, 0.25) is 0 Å². The van der Waals surface area contributed by atoms with Gasteiger partial charge in [0.25, 0.3) is 5.88 Å². The summed E-state index contributed by atoms with van der Waals surface area (Å²) in [6.07, 6.45) is 1.58. The van der Waals surface area contributed by atoms with Crippen LogP contribution in [-0.2, 0) is 6.42 Å². The van der Waals surface area contributed by atoms with Crippen LogP contribution >= 0.6 is 0 Å². The molecule has 1 aliphatic carbocycles. The third-order valence-corrected chi connectivity index (χ3v) is 4.93. The smallest absolute Gasteiger partial charge is 0.253 e. The highest BCUT2D eigenvalue weighted by molar-refractivity contribution is 6.00. The molecule has 0 aliphatic heterocycles. The number of carbonyl (C=O) groups is 1. The first-order valence-corrected chi connectivity index (χ1v) is 8.90. The molecule has 1 unspecified atom stereocenters. The molecular weight excluding hydrogens is 380 g/mol. The summed E-state index contributed by atoms with van der Waals surface area (Å²) in [5.41, 5.74) is 8.36. The number of nitrogen functional groups attached to an aromatic ring is 1. The van der Waals surface area contributed by atoms with E-state index >= 15 is 0 Å². The standard InChI is InChI=1S/C20H17F2N5O2/c1-9-17-15(26-20(23)25-9)5-10(6-16(17)28)12-4-3-11(21)7-13(12)18-24-8-14(22)19(27-18)29-2/h3-4,7-8,10H,5-6H2,1-2H3,(H2,23,25,26). The van der Waals surface area contributed by atoms with Gasteiger partial charge in [0.15, 0.2) is 11.6 Å². The number of rotatable bonds is 3. The fourth-order valence-electron chi connectivity index (χ4n) is 3.72. The summed E-state index contributed by atoms with van der Waals surface area (Å²) in [6.45, 7) is 1.72. The van der Waals surface area contributed by atoms with Gasteiger partial charge in [-0.2, -0.15) is 9.37 Å². The lowest BCUT2D eigenvalue weighted by atomic mass is 9.79. The topological polar surface area (TPSA) is 104 Å². The molecule has 0 fully saturated rings. The molecule has 3 aromatic rings. The van der Waals surface area contributed by atoms with Crippen molar-refractivity contribution in [3.63, 3.8) is 0 Å². The number of aryl methyl sites for hydroxylation is 1. The molecule has 4 rings (SSSR count). The molecule has 1 atom stereocenters. The summed E-state index contributed by atoms with van der Waals surface area (Å²) < 4.78 is 32.6. The van der Waals surface area contributed by atoms with Gasteiger partial charge in [0.2, 0.25) is 11.8 Å². The lowest BCUT2D eigenvalue weighted by Gasteiger charge is -2.25. The van der Waals surface area contributed by atoms with Gasteiger partial charge in [-0.15, -0.1) is 0 Å². The van der Waals surface area contributed by atoms with Gasteiger partial charge < -0.3 is 10.5 Å². The predicted octanol–water partition coefficient (Wildman–Crippen LogP) is 3.02. The fourth-order valence-corrected chi connectivity index (χ4v) is 3.72. The SMILES string of the molecule is COc1nc(-c2cc(F)ccc2C2CC(=O)c3c(C)nc(N)nc3C2)ncc1F.